The number of hydrogen-bond acceptors (Lipinski definition) is 3. The van der Waals surface area contributed by atoms with Gasteiger partial charge in [-0.2, -0.15) is 0 Å². The van der Waals surface area contributed by atoms with Gasteiger partial charge in [0.1, 0.15) is 0 Å². The highest BCUT2D eigenvalue weighted by Crippen LogP contribution is 2.17. The molecule has 4 nitrogen and oxygen atoms in total. The molecular formula is C16H24N2O2. The van der Waals surface area contributed by atoms with Crippen molar-refractivity contribution in [1.29, 1.82) is 0 Å². The summed E-state index contributed by atoms with van der Waals surface area (Å²) in [4.78, 5) is 11.9. The van der Waals surface area contributed by atoms with Crippen LogP contribution in [0.15, 0.2) is 24.3 Å². The van der Waals surface area contributed by atoms with Crippen molar-refractivity contribution in [2.45, 2.75) is 44.8 Å². The highest BCUT2D eigenvalue weighted by molar-refractivity contribution is 5.90. The monoisotopic (exact) mass is 276 g/mol. The third kappa shape index (κ3) is 4.94. The molecule has 4 heteroatoms. The Balaban J connectivity index is 1.77. The molecule has 0 radical (unpaired) electrons. The standard InChI is InChI=1S/C16H24N2O2/c1-17-12-13-5-4-6-14(11-13)18-16(19)9-8-15-7-2-3-10-20-15/h4-6,11,15,17H,2-3,7-10,12H2,1H3,(H,18,19). The van der Waals surface area contributed by atoms with Crippen molar-refractivity contribution < 1.29 is 9.53 Å². The van der Waals surface area contributed by atoms with Gasteiger partial charge in [-0.1, -0.05) is 12.1 Å². The number of amides is 1. The van der Waals surface area contributed by atoms with Crippen LogP contribution in [0, 0.1) is 0 Å². The molecule has 0 aliphatic carbocycles. The zero-order valence-electron chi connectivity index (χ0n) is 12.2. The predicted molar refractivity (Wildman–Crippen MR) is 80.7 cm³/mol. The first-order valence-electron chi connectivity index (χ1n) is 7.43. The molecule has 1 atom stereocenters. The Morgan fingerprint density at radius 1 is 1.40 bits per heavy atom. The maximum atomic E-state index is 11.9. The van der Waals surface area contributed by atoms with Crippen LogP contribution in [0.5, 0.6) is 0 Å². The molecule has 1 unspecified atom stereocenters. The molecule has 1 saturated heterocycles. The summed E-state index contributed by atoms with van der Waals surface area (Å²) in [6.07, 6.45) is 5.08. The Bertz CT molecular complexity index is 428. The van der Waals surface area contributed by atoms with Crippen LogP contribution in [0.2, 0.25) is 0 Å². The predicted octanol–water partition coefficient (Wildman–Crippen LogP) is 2.69. The molecule has 1 aromatic rings. The largest absolute Gasteiger partial charge is 0.378 e. The number of nitrogens with one attached hydrogen (secondary N) is 2. The fraction of sp³-hybridized carbons (Fsp3) is 0.562. The summed E-state index contributed by atoms with van der Waals surface area (Å²) in [5, 5.41) is 6.06. The number of anilines is 1. The Labute approximate surface area is 120 Å². The smallest absolute Gasteiger partial charge is 0.224 e. The summed E-state index contributed by atoms with van der Waals surface area (Å²) >= 11 is 0. The van der Waals surface area contributed by atoms with Gasteiger partial charge in [0.2, 0.25) is 5.91 Å². The van der Waals surface area contributed by atoms with E-state index in [2.05, 4.69) is 10.6 Å². The maximum absolute atomic E-state index is 11.9. The summed E-state index contributed by atoms with van der Waals surface area (Å²) in [7, 11) is 1.91. The molecule has 0 saturated carbocycles. The summed E-state index contributed by atoms with van der Waals surface area (Å²) in [6, 6.07) is 7.94. The lowest BCUT2D eigenvalue weighted by Gasteiger charge is -2.22. The van der Waals surface area contributed by atoms with Crippen LogP contribution in [0.3, 0.4) is 0 Å². The Morgan fingerprint density at radius 2 is 2.30 bits per heavy atom. The molecular weight excluding hydrogens is 252 g/mol. The Hall–Kier alpha value is -1.39. The minimum absolute atomic E-state index is 0.0702. The van der Waals surface area contributed by atoms with Gasteiger partial charge in [0.15, 0.2) is 0 Å². The fourth-order valence-electron chi connectivity index (χ4n) is 2.51. The molecule has 1 aliphatic rings. The lowest BCUT2D eigenvalue weighted by molar-refractivity contribution is -0.117. The molecule has 20 heavy (non-hydrogen) atoms. The molecule has 1 aromatic carbocycles. The van der Waals surface area contributed by atoms with Crippen molar-refractivity contribution in [2.75, 3.05) is 19.0 Å². The number of benzene rings is 1. The summed E-state index contributed by atoms with van der Waals surface area (Å²) in [5.41, 5.74) is 2.04. The fourth-order valence-corrected chi connectivity index (χ4v) is 2.51. The van der Waals surface area contributed by atoms with Gasteiger partial charge in [0, 0.05) is 25.3 Å². The Kier molecular flexibility index (Phi) is 6.02. The summed E-state index contributed by atoms with van der Waals surface area (Å²) in [5.74, 6) is 0.0702. The second-order valence-corrected chi connectivity index (χ2v) is 5.31. The molecule has 1 fully saturated rings. The van der Waals surface area contributed by atoms with E-state index in [1.54, 1.807) is 0 Å². The van der Waals surface area contributed by atoms with Crippen molar-refractivity contribution in [3.63, 3.8) is 0 Å². The van der Waals surface area contributed by atoms with E-state index in [1.807, 2.05) is 31.3 Å². The molecule has 1 heterocycles. The van der Waals surface area contributed by atoms with E-state index >= 15 is 0 Å². The number of carbonyl (C=O) groups excluding carboxylic acids is 1. The van der Waals surface area contributed by atoms with Gasteiger partial charge in [0.05, 0.1) is 6.10 Å². The van der Waals surface area contributed by atoms with Crippen molar-refractivity contribution in [3.05, 3.63) is 29.8 Å². The first-order chi connectivity index (χ1) is 9.78. The minimum atomic E-state index is 0.0702. The third-order valence-corrected chi connectivity index (χ3v) is 3.56. The van der Waals surface area contributed by atoms with Crippen LogP contribution in [0.25, 0.3) is 0 Å². The molecule has 110 valence electrons. The van der Waals surface area contributed by atoms with E-state index in [4.69, 9.17) is 4.74 Å². The lowest BCUT2D eigenvalue weighted by Crippen LogP contribution is -2.21. The molecule has 0 aromatic heterocycles. The van der Waals surface area contributed by atoms with E-state index in [0.29, 0.717) is 6.42 Å². The quantitative estimate of drug-likeness (QED) is 0.840. The molecule has 2 N–H and O–H groups in total. The normalized spacial score (nSPS) is 18.8. The van der Waals surface area contributed by atoms with Crippen LogP contribution in [-0.4, -0.2) is 25.7 Å². The van der Waals surface area contributed by atoms with Crippen molar-refractivity contribution in [1.82, 2.24) is 5.32 Å². The van der Waals surface area contributed by atoms with Gasteiger partial charge in [0.25, 0.3) is 0 Å². The zero-order chi connectivity index (χ0) is 14.2. The molecule has 1 amide bonds. The second-order valence-electron chi connectivity index (χ2n) is 5.31. The van der Waals surface area contributed by atoms with Crippen LogP contribution >= 0.6 is 0 Å². The van der Waals surface area contributed by atoms with Crippen LogP contribution in [0.4, 0.5) is 5.69 Å². The van der Waals surface area contributed by atoms with Crippen molar-refractivity contribution in [3.8, 4) is 0 Å². The number of rotatable bonds is 6. The highest BCUT2D eigenvalue weighted by Gasteiger charge is 2.15. The first kappa shape index (κ1) is 15.0. The second kappa shape index (κ2) is 8.02. The van der Waals surface area contributed by atoms with Crippen molar-refractivity contribution >= 4 is 11.6 Å². The van der Waals surface area contributed by atoms with Crippen LogP contribution in [-0.2, 0) is 16.1 Å². The first-order valence-corrected chi connectivity index (χ1v) is 7.43. The van der Waals surface area contributed by atoms with Crippen LogP contribution in [0.1, 0.15) is 37.7 Å². The zero-order valence-corrected chi connectivity index (χ0v) is 12.2. The minimum Gasteiger partial charge on any atom is -0.378 e. The number of hydrogen-bond donors (Lipinski definition) is 2. The molecule has 0 bridgehead atoms. The van der Waals surface area contributed by atoms with Gasteiger partial charge in [-0.15, -0.1) is 0 Å². The molecule has 1 aliphatic heterocycles. The lowest BCUT2D eigenvalue weighted by atomic mass is 10.0. The average Bonchev–Trinajstić information content (AvgIpc) is 2.47. The topological polar surface area (TPSA) is 50.4 Å². The Morgan fingerprint density at radius 3 is 3.05 bits per heavy atom. The van der Waals surface area contributed by atoms with E-state index in [9.17, 15) is 4.79 Å². The van der Waals surface area contributed by atoms with E-state index in [1.165, 1.54) is 12.0 Å². The highest BCUT2D eigenvalue weighted by atomic mass is 16.5. The van der Waals surface area contributed by atoms with Gasteiger partial charge >= 0.3 is 0 Å². The van der Waals surface area contributed by atoms with Crippen LogP contribution < -0.4 is 10.6 Å². The average molecular weight is 276 g/mol. The van der Waals surface area contributed by atoms with Gasteiger partial charge in [-0.25, -0.2) is 0 Å². The van der Waals surface area contributed by atoms with Gasteiger partial charge in [-0.3, -0.25) is 4.79 Å². The van der Waals surface area contributed by atoms with Gasteiger partial charge in [-0.05, 0) is 50.4 Å². The van der Waals surface area contributed by atoms with Gasteiger partial charge < -0.3 is 15.4 Å². The van der Waals surface area contributed by atoms with E-state index in [-0.39, 0.29) is 12.0 Å². The summed E-state index contributed by atoms with van der Waals surface area (Å²) in [6.45, 7) is 1.65. The molecule has 2 rings (SSSR count). The van der Waals surface area contributed by atoms with E-state index in [0.717, 1.165) is 38.1 Å². The number of carbonyl (C=O) groups is 1. The van der Waals surface area contributed by atoms with E-state index < -0.39 is 0 Å². The maximum Gasteiger partial charge on any atom is 0.224 e. The summed E-state index contributed by atoms with van der Waals surface area (Å²) < 4.78 is 5.64. The molecule has 0 spiro atoms. The van der Waals surface area contributed by atoms with Crippen molar-refractivity contribution in [2.24, 2.45) is 0 Å². The number of ether oxygens (including phenoxy) is 1. The third-order valence-electron chi connectivity index (χ3n) is 3.56. The SMILES string of the molecule is CNCc1cccc(NC(=O)CCC2CCCCO2)c1.